The Morgan fingerprint density at radius 2 is 1.69 bits per heavy atom. The van der Waals surface area contributed by atoms with E-state index in [9.17, 15) is 5.11 Å². The van der Waals surface area contributed by atoms with Gasteiger partial charge in [0.05, 0.1) is 11.4 Å². The maximum atomic E-state index is 9.82. The van der Waals surface area contributed by atoms with Crippen molar-refractivity contribution in [2.24, 2.45) is 0 Å². The van der Waals surface area contributed by atoms with Crippen LogP contribution in [0, 0.1) is 0 Å². The minimum atomic E-state index is 0.266. The molecule has 1 aliphatic rings. The fourth-order valence-electron chi connectivity index (χ4n) is 4.35. The van der Waals surface area contributed by atoms with Crippen molar-refractivity contribution in [3.8, 4) is 45.4 Å². The molecule has 0 unspecified atom stereocenters. The highest BCUT2D eigenvalue weighted by atomic mass is 35.5. The normalized spacial score (nSPS) is 12.4. The second-order valence-corrected chi connectivity index (χ2v) is 8.23. The maximum Gasteiger partial charge on any atom is 0.190 e. The molecule has 0 bridgehead atoms. The Balaban J connectivity index is 1.53. The Hall–Kier alpha value is -3.83. The van der Waals surface area contributed by atoms with Gasteiger partial charge in [-0.15, -0.1) is 0 Å². The molecule has 5 nitrogen and oxygen atoms in total. The molecule has 0 atom stereocenters. The minimum absolute atomic E-state index is 0.266. The predicted molar refractivity (Wildman–Crippen MR) is 124 cm³/mol. The minimum Gasteiger partial charge on any atom is -0.508 e. The Kier molecular flexibility index (Phi) is 4.37. The van der Waals surface area contributed by atoms with Crippen LogP contribution in [0.15, 0.2) is 83.4 Å². The molecule has 0 fully saturated rings. The summed E-state index contributed by atoms with van der Waals surface area (Å²) >= 11 is 6.54. The van der Waals surface area contributed by atoms with E-state index in [1.54, 1.807) is 12.1 Å². The van der Waals surface area contributed by atoms with E-state index in [4.69, 9.17) is 21.2 Å². The molecule has 6 heteroatoms. The summed E-state index contributed by atoms with van der Waals surface area (Å²) in [4.78, 5) is 0. The van der Waals surface area contributed by atoms with Crippen LogP contribution in [-0.4, -0.2) is 20.0 Å². The van der Waals surface area contributed by atoms with Crippen molar-refractivity contribution in [2.45, 2.75) is 12.8 Å². The number of phenols is 1. The summed E-state index contributed by atoms with van der Waals surface area (Å²) in [5, 5.41) is 19.8. The highest BCUT2D eigenvalue weighted by molar-refractivity contribution is 6.33. The van der Waals surface area contributed by atoms with Gasteiger partial charge in [0.1, 0.15) is 17.1 Å². The third-order valence-electron chi connectivity index (χ3n) is 5.87. The molecule has 0 saturated carbocycles. The molecule has 0 aliphatic heterocycles. The van der Waals surface area contributed by atoms with Crippen LogP contribution in [0.4, 0.5) is 0 Å². The van der Waals surface area contributed by atoms with Gasteiger partial charge in [-0.25, -0.2) is 4.68 Å². The van der Waals surface area contributed by atoms with Gasteiger partial charge in [-0.2, -0.15) is 5.10 Å². The number of aromatic hydroxyl groups is 1. The summed E-state index contributed by atoms with van der Waals surface area (Å²) in [7, 11) is 0. The smallest absolute Gasteiger partial charge is 0.190 e. The molecule has 0 spiro atoms. The number of benzene rings is 3. The van der Waals surface area contributed by atoms with Gasteiger partial charge < -0.3 is 9.63 Å². The van der Waals surface area contributed by atoms with Gasteiger partial charge in [-0.1, -0.05) is 53.2 Å². The maximum absolute atomic E-state index is 9.82. The number of rotatable bonds is 3. The summed E-state index contributed by atoms with van der Waals surface area (Å²) < 4.78 is 7.73. The summed E-state index contributed by atoms with van der Waals surface area (Å²) in [5.74, 6) is 0.934. The highest BCUT2D eigenvalue weighted by Gasteiger charge is 2.27. The Bertz CT molecular complexity index is 1450. The fourth-order valence-corrected chi connectivity index (χ4v) is 4.58. The first-order valence-electron chi connectivity index (χ1n) is 10.4. The molecule has 2 heterocycles. The van der Waals surface area contributed by atoms with Crippen LogP contribution in [0.25, 0.3) is 39.7 Å². The van der Waals surface area contributed by atoms with Gasteiger partial charge in [0.15, 0.2) is 5.76 Å². The first-order valence-corrected chi connectivity index (χ1v) is 10.8. The van der Waals surface area contributed by atoms with Crippen molar-refractivity contribution >= 4 is 11.6 Å². The van der Waals surface area contributed by atoms with Crippen molar-refractivity contribution < 1.29 is 9.63 Å². The molecular formula is C26H18ClN3O2. The second-order valence-electron chi connectivity index (χ2n) is 7.82. The summed E-state index contributed by atoms with van der Waals surface area (Å²) in [6, 6.07) is 25.1. The quantitative estimate of drug-likeness (QED) is 0.357. The van der Waals surface area contributed by atoms with Gasteiger partial charge in [0.2, 0.25) is 0 Å². The number of hydrogen-bond acceptors (Lipinski definition) is 4. The average Bonchev–Trinajstić information content (AvgIpc) is 3.44. The predicted octanol–water partition coefficient (Wildman–Crippen LogP) is 6.32. The Morgan fingerprint density at radius 3 is 2.53 bits per heavy atom. The van der Waals surface area contributed by atoms with Gasteiger partial charge >= 0.3 is 0 Å². The zero-order valence-corrected chi connectivity index (χ0v) is 17.8. The van der Waals surface area contributed by atoms with Gasteiger partial charge in [0, 0.05) is 21.7 Å². The lowest BCUT2D eigenvalue weighted by molar-refractivity contribution is 0.433. The van der Waals surface area contributed by atoms with Crippen LogP contribution in [0.5, 0.6) is 5.75 Å². The van der Waals surface area contributed by atoms with Crippen molar-refractivity contribution in [1.29, 1.82) is 0 Å². The van der Waals surface area contributed by atoms with E-state index in [0.717, 1.165) is 52.2 Å². The highest BCUT2D eigenvalue weighted by Crippen LogP contribution is 2.41. The van der Waals surface area contributed by atoms with Crippen molar-refractivity contribution in [1.82, 2.24) is 14.9 Å². The monoisotopic (exact) mass is 439 g/mol. The number of halogens is 1. The summed E-state index contributed by atoms with van der Waals surface area (Å²) in [6.45, 7) is 0. The number of fused-ring (bicyclic) bond motifs is 3. The number of aryl methyl sites for hydroxylation is 1. The SMILES string of the molecule is Oc1ccc2c(c1)CCc1c-2noc1-c1cc(-c2ccccc2Cl)n(-c2ccccc2)n1. The first-order chi connectivity index (χ1) is 15.7. The lowest BCUT2D eigenvalue weighted by Crippen LogP contribution is -2.03. The molecular weight excluding hydrogens is 422 g/mol. The number of aromatic nitrogens is 3. The van der Waals surface area contributed by atoms with E-state index in [2.05, 4.69) is 5.16 Å². The van der Waals surface area contributed by atoms with E-state index < -0.39 is 0 Å². The van der Waals surface area contributed by atoms with Crippen LogP contribution in [0.2, 0.25) is 5.02 Å². The van der Waals surface area contributed by atoms with Crippen molar-refractivity contribution in [3.05, 3.63) is 95.0 Å². The first kappa shape index (κ1) is 18.9. The lowest BCUT2D eigenvalue weighted by atomic mass is 9.88. The third-order valence-corrected chi connectivity index (χ3v) is 6.20. The summed E-state index contributed by atoms with van der Waals surface area (Å²) in [6.07, 6.45) is 1.58. The van der Waals surface area contributed by atoms with Crippen molar-refractivity contribution in [3.63, 3.8) is 0 Å². The summed E-state index contributed by atoms with van der Waals surface area (Å²) in [5.41, 5.74) is 7.33. The van der Waals surface area contributed by atoms with E-state index in [-0.39, 0.29) is 5.75 Å². The van der Waals surface area contributed by atoms with Gasteiger partial charge in [0.25, 0.3) is 0 Å². The Morgan fingerprint density at radius 1 is 0.875 bits per heavy atom. The molecule has 2 aromatic heterocycles. The molecule has 5 aromatic rings. The molecule has 1 aliphatic carbocycles. The molecule has 0 radical (unpaired) electrons. The molecule has 156 valence electrons. The van der Waals surface area contributed by atoms with E-state index in [1.165, 1.54) is 0 Å². The van der Waals surface area contributed by atoms with E-state index in [1.807, 2.05) is 71.4 Å². The molecule has 6 rings (SSSR count). The average molecular weight is 440 g/mol. The number of nitrogens with zero attached hydrogens (tertiary/aromatic N) is 3. The van der Waals surface area contributed by atoms with Crippen LogP contribution in [-0.2, 0) is 12.8 Å². The second kappa shape index (κ2) is 7.39. The molecule has 0 saturated heterocycles. The molecule has 32 heavy (non-hydrogen) atoms. The molecule has 0 amide bonds. The Labute approximate surface area is 189 Å². The number of para-hydroxylation sites is 1. The zero-order valence-electron chi connectivity index (χ0n) is 17.0. The number of hydrogen-bond donors (Lipinski definition) is 1. The standard InChI is InChI=1S/C26H18ClN3O2/c27-22-9-5-4-8-20(22)24-15-23(28-30(24)17-6-2-1-3-7-17)26-21-12-10-16-14-18(31)11-13-19(16)25(21)29-32-26/h1-9,11,13-15,31H,10,12H2. The number of phenolic OH excluding ortho intramolecular Hbond substituents is 1. The van der Waals surface area contributed by atoms with Crippen molar-refractivity contribution in [2.75, 3.05) is 0 Å². The topological polar surface area (TPSA) is 64.1 Å². The van der Waals surface area contributed by atoms with Crippen LogP contribution in [0.3, 0.4) is 0 Å². The van der Waals surface area contributed by atoms with Gasteiger partial charge in [-0.05, 0) is 60.9 Å². The fraction of sp³-hybridized carbons (Fsp3) is 0.0769. The van der Waals surface area contributed by atoms with Gasteiger partial charge in [-0.3, -0.25) is 0 Å². The van der Waals surface area contributed by atoms with Crippen LogP contribution in [0.1, 0.15) is 11.1 Å². The van der Waals surface area contributed by atoms with Crippen LogP contribution >= 0.6 is 11.6 Å². The lowest BCUT2D eigenvalue weighted by Gasteiger charge is -2.14. The largest absolute Gasteiger partial charge is 0.508 e. The molecule has 1 N–H and O–H groups in total. The van der Waals surface area contributed by atoms with E-state index in [0.29, 0.717) is 16.5 Å². The van der Waals surface area contributed by atoms with Crippen LogP contribution < -0.4 is 0 Å². The van der Waals surface area contributed by atoms with E-state index >= 15 is 0 Å². The zero-order chi connectivity index (χ0) is 21.7. The molecule has 3 aromatic carbocycles. The third kappa shape index (κ3) is 3.01.